The SMILES string of the molecule is CCn1nccc1CS(=O)(=O)CCc1cccc(C(F)(F)F)c1. The van der Waals surface area contributed by atoms with Crippen molar-refractivity contribution in [1.29, 1.82) is 0 Å². The molecule has 0 radical (unpaired) electrons. The molecule has 4 nitrogen and oxygen atoms in total. The molecule has 0 amide bonds. The summed E-state index contributed by atoms with van der Waals surface area (Å²) in [5, 5.41) is 4.00. The molecule has 8 heteroatoms. The third kappa shape index (κ3) is 4.82. The Morgan fingerprint density at radius 1 is 1.22 bits per heavy atom. The highest BCUT2D eigenvalue weighted by Crippen LogP contribution is 2.29. The molecule has 0 N–H and O–H groups in total. The Balaban J connectivity index is 2.05. The maximum Gasteiger partial charge on any atom is 0.416 e. The highest BCUT2D eigenvalue weighted by atomic mass is 32.2. The van der Waals surface area contributed by atoms with E-state index < -0.39 is 21.6 Å². The van der Waals surface area contributed by atoms with Gasteiger partial charge >= 0.3 is 6.18 Å². The maximum atomic E-state index is 12.6. The first-order valence-corrected chi connectivity index (χ1v) is 8.90. The van der Waals surface area contributed by atoms with Gasteiger partial charge in [0.05, 0.1) is 22.8 Å². The Labute approximate surface area is 132 Å². The van der Waals surface area contributed by atoms with E-state index in [1.165, 1.54) is 18.3 Å². The predicted octanol–water partition coefficient (Wildman–Crippen LogP) is 3.08. The van der Waals surface area contributed by atoms with Gasteiger partial charge < -0.3 is 0 Å². The summed E-state index contributed by atoms with van der Waals surface area (Å²) in [5.74, 6) is -0.372. The van der Waals surface area contributed by atoms with Crippen LogP contribution in [0.25, 0.3) is 0 Å². The molecule has 0 saturated carbocycles. The van der Waals surface area contributed by atoms with Gasteiger partial charge in [0.15, 0.2) is 9.84 Å². The lowest BCUT2D eigenvalue weighted by Crippen LogP contribution is -2.15. The fourth-order valence-electron chi connectivity index (χ4n) is 2.24. The van der Waals surface area contributed by atoms with Crippen molar-refractivity contribution < 1.29 is 21.6 Å². The summed E-state index contributed by atoms with van der Waals surface area (Å²) < 4.78 is 63.8. The van der Waals surface area contributed by atoms with Crippen LogP contribution in [0.15, 0.2) is 36.5 Å². The zero-order chi connectivity index (χ0) is 17.1. The van der Waals surface area contributed by atoms with Gasteiger partial charge in [0.2, 0.25) is 0 Å². The zero-order valence-corrected chi connectivity index (χ0v) is 13.4. The van der Waals surface area contributed by atoms with Crippen molar-refractivity contribution in [2.75, 3.05) is 5.75 Å². The summed E-state index contributed by atoms with van der Waals surface area (Å²) in [6.07, 6.45) is -2.85. The number of rotatable bonds is 6. The van der Waals surface area contributed by atoms with Crippen LogP contribution in [0, 0.1) is 0 Å². The van der Waals surface area contributed by atoms with Gasteiger partial charge in [-0.15, -0.1) is 0 Å². The molecule has 0 fully saturated rings. The minimum Gasteiger partial charge on any atom is -0.269 e. The molecular formula is C15H17F3N2O2S. The maximum absolute atomic E-state index is 12.6. The van der Waals surface area contributed by atoms with E-state index in [1.54, 1.807) is 10.7 Å². The van der Waals surface area contributed by atoms with Gasteiger partial charge in [0, 0.05) is 12.7 Å². The van der Waals surface area contributed by atoms with Crippen LogP contribution in [0.1, 0.15) is 23.7 Å². The van der Waals surface area contributed by atoms with Gasteiger partial charge in [-0.3, -0.25) is 4.68 Å². The van der Waals surface area contributed by atoms with Crippen LogP contribution in [0.5, 0.6) is 0 Å². The molecule has 1 aromatic heterocycles. The van der Waals surface area contributed by atoms with Crippen LogP contribution in [0.3, 0.4) is 0 Å². The molecule has 23 heavy (non-hydrogen) atoms. The van der Waals surface area contributed by atoms with E-state index in [0.29, 0.717) is 17.8 Å². The van der Waals surface area contributed by atoms with Crippen LogP contribution < -0.4 is 0 Å². The number of hydrogen-bond donors (Lipinski definition) is 0. The van der Waals surface area contributed by atoms with Crippen molar-refractivity contribution >= 4 is 9.84 Å². The fraction of sp³-hybridized carbons (Fsp3) is 0.400. The first-order chi connectivity index (χ1) is 10.7. The van der Waals surface area contributed by atoms with Gasteiger partial charge in [0.25, 0.3) is 0 Å². The second kappa shape index (κ2) is 6.74. The minimum atomic E-state index is -4.43. The van der Waals surface area contributed by atoms with Gasteiger partial charge in [-0.05, 0) is 31.0 Å². The van der Waals surface area contributed by atoms with Crippen molar-refractivity contribution in [3.05, 3.63) is 53.3 Å². The number of sulfone groups is 1. The normalized spacial score (nSPS) is 12.5. The average molecular weight is 346 g/mol. The summed E-state index contributed by atoms with van der Waals surface area (Å²) in [7, 11) is -3.43. The van der Waals surface area contributed by atoms with Crippen molar-refractivity contribution in [2.45, 2.75) is 31.8 Å². The number of benzene rings is 1. The Hall–Kier alpha value is -1.83. The lowest BCUT2D eigenvalue weighted by Gasteiger charge is -2.09. The van der Waals surface area contributed by atoms with Crippen molar-refractivity contribution in [3.63, 3.8) is 0 Å². The fourth-order valence-corrected chi connectivity index (χ4v) is 3.63. The summed E-state index contributed by atoms with van der Waals surface area (Å²) >= 11 is 0. The van der Waals surface area contributed by atoms with Crippen molar-refractivity contribution in [2.24, 2.45) is 0 Å². The molecule has 126 valence electrons. The molecule has 0 atom stereocenters. The molecule has 0 spiro atoms. The van der Waals surface area contributed by atoms with Crippen molar-refractivity contribution in [1.82, 2.24) is 9.78 Å². The number of nitrogens with zero attached hydrogens (tertiary/aromatic N) is 2. The minimum absolute atomic E-state index is 0.0481. The van der Waals surface area contributed by atoms with Gasteiger partial charge in [-0.25, -0.2) is 8.42 Å². The summed E-state index contributed by atoms with van der Waals surface area (Å²) in [6, 6.07) is 6.38. The zero-order valence-electron chi connectivity index (χ0n) is 12.5. The number of halogens is 3. The van der Waals surface area contributed by atoms with E-state index in [0.717, 1.165) is 12.1 Å². The van der Waals surface area contributed by atoms with E-state index in [9.17, 15) is 21.6 Å². The third-order valence-corrected chi connectivity index (χ3v) is 4.99. The third-order valence-electron chi connectivity index (χ3n) is 3.43. The van der Waals surface area contributed by atoms with Gasteiger partial charge in [-0.1, -0.05) is 18.2 Å². The smallest absolute Gasteiger partial charge is 0.269 e. The molecular weight excluding hydrogens is 329 g/mol. The molecule has 0 unspecified atom stereocenters. The second-order valence-electron chi connectivity index (χ2n) is 5.18. The van der Waals surface area contributed by atoms with E-state index in [-0.39, 0.29) is 17.9 Å². The molecule has 1 aromatic carbocycles. The number of aryl methyl sites for hydroxylation is 2. The van der Waals surface area contributed by atoms with E-state index in [2.05, 4.69) is 5.10 Å². The van der Waals surface area contributed by atoms with E-state index >= 15 is 0 Å². The van der Waals surface area contributed by atoms with E-state index in [4.69, 9.17) is 0 Å². The lowest BCUT2D eigenvalue weighted by atomic mass is 10.1. The van der Waals surface area contributed by atoms with Crippen LogP contribution in [0.4, 0.5) is 13.2 Å². The van der Waals surface area contributed by atoms with Crippen molar-refractivity contribution in [3.8, 4) is 0 Å². The monoisotopic (exact) mass is 346 g/mol. The standard InChI is InChI=1S/C15H17F3N2O2S/c1-2-20-14(6-8-19-20)11-23(21,22)9-7-12-4-3-5-13(10-12)15(16,17)18/h3-6,8,10H,2,7,9,11H2,1H3. The number of alkyl halides is 3. The highest BCUT2D eigenvalue weighted by Gasteiger charge is 2.30. The van der Waals surface area contributed by atoms with Crippen LogP contribution >= 0.6 is 0 Å². The van der Waals surface area contributed by atoms with Gasteiger partial charge in [0.1, 0.15) is 0 Å². The summed E-state index contributed by atoms with van der Waals surface area (Å²) in [6.45, 7) is 2.41. The summed E-state index contributed by atoms with van der Waals surface area (Å²) in [5.41, 5.74) is 0.167. The molecule has 2 rings (SSSR count). The Morgan fingerprint density at radius 3 is 2.61 bits per heavy atom. The molecule has 1 heterocycles. The molecule has 0 bridgehead atoms. The lowest BCUT2D eigenvalue weighted by molar-refractivity contribution is -0.137. The van der Waals surface area contributed by atoms with Gasteiger partial charge in [-0.2, -0.15) is 18.3 Å². The number of hydrogen-bond acceptors (Lipinski definition) is 3. The first kappa shape index (κ1) is 17.5. The summed E-state index contributed by atoms with van der Waals surface area (Å²) in [4.78, 5) is 0. The molecule has 0 aliphatic carbocycles. The van der Waals surface area contributed by atoms with Crippen LogP contribution in [-0.2, 0) is 34.7 Å². The second-order valence-corrected chi connectivity index (χ2v) is 7.36. The number of aromatic nitrogens is 2. The van der Waals surface area contributed by atoms with E-state index in [1.807, 2.05) is 6.92 Å². The Kier molecular flexibility index (Phi) is 5.13. The quantitative estimate of drug-likeness (QED) is 0.808. The molecule has 0 aliphatic rings. The molecule has 0 aliphatic heterocycles. The first-order valence-electron chi connectivity index (χ1n) is 7.08. The van der Waals surface area contributed by atoms with Crippen LogP contribution in [-0.4, -0.2) is 24.0 Å². The average Bonchev–Trinajstić information content (AvgIpc) is 2.91. The Morgan fingerprint density at radius 2 is 1.96 bits per heavy atom. The molecule has 2 aromatic rings. The predicted molar refractivity (Wildman–Crippen MR) is 80.5 cm³/mol. The highest BCUT2D eigenvalue weighted by molar-refractivity contribution is 7.90. The van der Waals surface area contributed by atoms with Crippen LogP contribution in [0.2, 0.25) is 0 Å². The topological polar surface area (TPSA) is 52.0 Å². The Bertz CT molecular complexity index is 767. The molecule has 0 saturated heterocycles. The largest absolute Gasteiger partial charge is 0.416 e.